The molecule has 0 bridgehead atoms. The second-order valence-corrected chi connectivity index (χ2v) is 4.63. The van der Waals surface area contributed by atoms with Crippen LogP contribution in [0.3, 0.4) is 0 Å². The van der Waals surface area contributed by atoms with Crippen LogP contribution in [0.25, 0.3) is 0 Å². The molecule has 0 saturated carbocycles. The average molecular weight is 276 g/mol. The lowest BCUT2D eigenvalue weighted by molar-refractivity contribution is 0.742. The van der Waals surface area contributed by atoms with Gasteiger partial charge < -0.3 is 10.6 Å². The Balaban J connectivity index is 2.66. The third kappa shape index (κ3) is 4.60. The van der Waals surface area contributed by atoms with E-state index in [-0.39, 0.29) is 0 Å². The highest BCUT2D eigenvalue weighted by molar-refractivity contribution is 6.37. The highest BCUT2D eigenvalue weighted by Crippen LogP contribution is 2.29. The predicted molar refractivity (Wildman–Crippen MR) is 76.4 cm³/mol. The smallest absolute Gasteiger partial charge is 0.147 e. The fourth-order valence-corrected chi connectivity index (χ4v) is 1.96. The minimum absolute atomic E-state index is 0.552. The van der Waals surface area contributed by atoms with Gasteiger partial charge in [-0.15, -0.1) is 0 Å². The number of nitrogens with one attached hydrogen (secondary N) is 2. The molecule has 0 aromatic carbocycles. The summed E-state index contributed by atoms with van der Waals surface area (Å²) in [5.74, 6) is 1.37. The third-order valence-electron chi connectivity index (χ3n) is 2.35. The first kappa shape index (κ1) is 14.4. The molecule has 0 fully saturated rings. The van der Waals surface area contributed by atoms with E-state index in [4.69, 9.17) is 23.2 Å². The number of hydrogen-bond acceptors (Lipinski definition) is 3. The Morgan fingerprint density at radius 2 is 1.71 bits per heavy atom. The Hall–Kier alpha value is -0.670. The maximum atomic E-state index is 6.08. The van der Waals surface area contributed by atoms with Crippen LogP contribution in [-0.2, 0) is 0 Å². The fourth-order valence-electron chi connectivity index (χ4n) is 1.46. The summed E-state index contributed by atoms with van der Waals surface area (Å²) in [4.78, 5) is 4.37. The van der Waals surface area contributed by atoms with Gasteiger partial charge in [-0.25, -0.2) is 4.98 Å². The van der Waals surface area contributed by atoms with E-state index in [1.807, 2.05) is 6.92 Å². The van der Waals surface area contributed by atoms with Crippen LogP contribution in [0.4, 0.5) is 11.6 Å². The largest absolute Gasteiger partial charge is 0.369 e. The summed E-state index contributed by atoms with van der Waals surface area (Å²) in [6, 6.07) is 1.72. The van der Waals surface area contributed by atoms with Crippen molar-refractivity contribution in [2.75, 3.05) is 23.7 Å². The second-order valence-electron chi connectivity index (χ2n) is 3.81. The van der Waals surface area contributed by atoms with Crippen LogP contribution in [0, 0.1) is 0 Å². The number of rotatable bonds is 7. The van der Waals surface area contributed by atoms with Crippen LogP contribution >= 0.6 is 23.2 Å². The van der Waals surface area contributed by atoms with Crippen molar-refractivity contribution in [2.24, 2.45) is 0 Å². The van der Waals surface area contributed by atoms with Gasteiger partial charge in [0.15, 0.2) is 0 Å². The van der Waals surface area contributed by atoms with Gasteiger partial charge in [0.1, 0.15) is 11.6 Å². The number of aromatic nitrogens is 1. The first-order valence-electron chi connectivity index (χ1n) is 6.02. The van der Waals surface area contributed by atoms with Gasteiger partial charge >= 0.3 is 0 Å². The zero-order valence-electron chi connectivity index (χ0n) is 10.3. The number of nitrogens with zero attached hydrogens (tertiary/aromatic N) is 1. The monoisotopic (exact) mass is 275 g/mol. The summed E-state index contributed by atoms with van der Waals surface area (Å²) < 4.78 is 0. The zero-order valence-corrected chi connectivity index (χ0v) is 11.8. The minimum atomic E-state index is 0.552. The molecule has 0 unspecified atom stereocenters. The van der Waals surface area contributed by atoms with Crippen LogP contribution in [0.2, 0.25) is 10.0 Å². The van der Waals surface area contributed by atoms with Gasteiger partial charge in [0.2, 0.25) is 0 Å². The van der Waals surface area contributed by atoms with Crippen molar-refractivity contribution in [2.45, 2.75) is 33.1 Å². The summed E-state index contributed by atoms with van der Waals surface area (Å²) in [5.41, 5.74) is 0. The molecule has 0 radical (unpaired) electrons. The predicted octanol–water partition coefficient (Wildman–Crippen LogP) is 4.42. The number of hydrogen-bond donors (Lipinski definition) is 2. The lowest BCUT2D eigenvalue weighted by Gasteiger charge is -2.11. The summed E-state index contributed by atoms with van der Waals surface area (Å²) in [7, 11) is 0. The molecule has 1 heterocycles. The highest BCUT2D eigenvalue weighted by Gasteiger charge is 2.08. The van der Waals surface area contributed by atoms with Gasteiger partial charge in [-0.05, 0) is 19.4 Å². The molecule has 0 aliphatic heterocycles. The lowest BCUT2D eigenvalue weighted by Crippen LogP contribution is -2.07. The van der Waals surface area contributed by atoms with Gasteiger partial charge in [0.25, 0.3) is 0 Å². The summed E-state index contributed by atoms with van der Waals surface area (Å²) >= 11 is 12.1. The molecule has 0 amide bonds. The zero-order chi connectivity index (χ0) is 12.7. The van der Waals surface area contributed by atoms with E-state index in [0.29, 0.717) is 21.7 Å². The average Bonchev–Trinajstić information content (AvgIpc) is 2.30. The standard InChI is InChI=1S/C12H19Cl2N3/c1-3-5-6-7-16-12-10(14)8-9(13)11(17-12)15-4-2/h8H,3-7H2,1-2H3,(H2,15,16,17). The maximum absolute atomic E-state index is 6.08. The topological polar surface area (TPSA) is 37.0 Å². The maximum Gasteiger partial charge on any atom is 0.147 e. The van der Waals surface area contributed by atoms with Crippen molar-refractivity contribution in [1.29, 1.82) is 0 Å². The molecule has 1 rings (SSSR count). The molecular formula is C12H19Cl2N3. The van der Waals surface area contributed by atoms with Crippen LogP contribution in [0.15, 0.2) is 6.07 Å². The molecular weight excluding hydrogens is 257 g/mol. The Kier molecular flexibility index (Phi) is 6.45. The highest BCUT2D eigenvalue weighted by atomic mass is 35.5. The number of anilines is 2. The molecule has 0 atom stereocenters. The Labute approximate surface area is 113 Å². The minimum Gasteiger partial charge on any atom is -0.369 e. The molecule has 0 aliphatic carbocycles. The fraction of sp³-hybridized carbons (Fsp3) is 0.583. The molecule has 96 valence electrons. The van der Waals surface area contributed by atoms with E-state index < -0.39 is 0 Å². The van der Waals surface area contributed by atoms with Gasteiger partial charge in [-0.1, -0.05) is 43.0 Å². The molecule has 3 nitrogen and oxygen atoms in total. The molecule has 5 heteroatoms. The number of unbranched alkanes of at least 4 members (excludes halogenated alkanes) is 2. The molecule has 1 aromatic heterocycles. The van der Waals surface area contributed by atoms with E-state index in [0.717, 1.165) is 19.5 Å². The van der Waals surface area contributed by atoms with E-state index in [9.17, 15) is 0 Å². The number of halogens is 2. The van der Waals surface area contributed by atoms with Crippen molar-refractivity contribution in [3.8, 4) is 0 Å². The van der Waals surface area contributed by atoms with Gasteiger partial charge in [0.05, 0.1) is 10.0 Å². The molecule has 1 aromatic rings. The van der Waals surface area contributed by atoms with E-state index in [1.54, 1.807) is 6.07 Å². The first-order chi connectivity index (χ1) is 8.19. The second kappa shape index (κ2) is 7.62. The van der Waals surface area contributed by atoms with Crippen LogP contribution < -0.4 is 10.6 Å². The molecule has 0 spiro atoms. The third-order valence-corrected chi connectivity index (χ3v) is 2.92. The summed E-state index contributed by atoms with van der Waals surface area (Å²) in [6.07, 6.45) is 3.53. The van der Waals surface area contributed by atoms with Crippen molar-refractivity contribution in [3.05, 3.63) is 16.1 Å². The molecule has 2 N–H and O–H groups in total. The van der Waals surface area contributed by atoms with Crippen molar-refractivity contribution < 1.29 is 0 Å². The summed E-state index contributed by atoms with van der Waals surface area (Å²) in [6.45, 7) is 5.84. The van der Waals surface area contributed by atoms with E-state index in [2.05, 4.69) is 22.5 Å². The van der Waals surface area contributed by atoms with Gasteiger partial charge in [0, 0.05) is 13.1 Å². The normalized spacial score (nSPS) is 10.4. The number of pyridine rings is 1. The Bertz CT molecular complexity index is 356. The lowest BCUT2D eigenvalue weighted by atomic mass is 10.2. The van der Waals surface area contributed by atoms with Crippen LogP contribution in [0.5, 0.6) is 0 Å². The van der Waals surface area contributed by atoms with Crippen molar-refractivity contribution in [3.63, 3.8) is 0 Å². The molecule has 17 heavy (non-hydrogen) atoms. The van der Waals surface area contributed by atoms with Crippen LogP contribution in [-0.4, -0.2) is 18.1 Å². The van der Waals surface area contributed by atoms with Crippen molar-refractivity contribution in [1.82, 2.24) is 4.98 Å². The van der Waals surface area contributed by atoms with Crippen molar-refractivity contribution >= 4 is 34.8 Å². The van der Waals surface area contributed by atoms with Gasteiger partial charge in [-0.2, -0.15) is 0 Å². The first-order valence-corrected chi connectivity index (χ1v) is 6.78. The van der Waals surface area contributed by atoms with Gasteiger partial charge in [-0.3, -0.25) is 0 Å². The van der Waals surface area contributed by atoms with E-state index >= 15 is 0 Å². The Morgan fingerprint density at radius 1 is 1.06 bits per heavy atom. The Morgan fingerprint density at radius 3 is 2.29 bits per heavy atom. The van der Waals surface area contributed by atoms with Crippen LogP contribution in [0.1, 0.15) is 33.1 Å². The molecule has 0 saturated heterocycles. The summed E-state index contributed by atoms with van der Waals surface area (Å²) in [5, 5.41) is 7.45. The molecule has 0 aliphatic rings. The SMILES string of the molecule is CCCCCNc1nc(NCC)c(Cl)cc1Cl. The van der Waals surface area contributed by atoms with E-state index in [1.165, 1.54) is 12.8 Å². The quantitative estimate of drug-likeness (QED) is 0.724.